The van der Waals surface area contributed by atoms with Crippen LogP contribution in [0, 0.1) is 15.9 Å². The number of rotatable bonds is 4. The number of amides is 1. The molecule has 1 heterocycles. The fourth-order valence-corrected chi connectivity index (χ4v) is 2.35. The van der Waals surface area contributed by atoms with E-state index in [0.29, 0.717) is 10.9 Å². The molecule has 1 aromatic heterocycles. The monoisotopic (exact) mass is 342 g/mol. The van der Waals surface area contributed by atoms with Crippen LogP contribution < -0.4 is 10.7 Å². The number of fused-ring (bicyclic) bond motifs is 1. The van der Waals surface area contributed by atoms with Crippen LogP contribution in [0.5, 0.6) is 0 Å². The maximum Gasteiger partial charge on any atom is 0.306 e. The number of benzene rings is 2. The number of nitrogens with one attached hydrogen (secondary N) is 1. The summed E-state index contributed by atoms with van der Waals surface area (Å²) in [7, 11) is 0. The fraction of sp³-hybridized carbons (Fsp3) is 0.0625. The first kappa shape index (κ1) is 16.2. The predicted octanol–water partition coefficient (Wildman–Crippen LogP) is 2.08. The molecule has 0 aliphatic carbocycles. The third-order valence-electron chi connectivity index (χ3n) is 3.48. The summed E-state index contributed by atoms with van der Waals surface area (Å²) in [5.74, 6) is -1.52. The van der Waals surface area contributed by atoms with E-state index in [9.17, 15) is 24.1 Å². The van der Waals surface area contributed by atoms with Crippen LogP contribution in [0.25, 0.3) is 10.9 Å². The number of nitro benzene ring substituents is 1. The van der Waals surface area contributed by atoms with Crippen molar-refractivity contribution >= 4 is 28.2 Å². The third kappa shape index (κ3) is 3.34. The molecule has 0 aliphatic heterocycles. The fourth-order valence-electron chi connectivity index (χ4n) is 2.35. The van der Waals surface area contributed by atoms with Gasteiger partial charge in [-0.2, -0.15) is 9.49 Å². The standard InChI is InChI=1S/C16H11FN4O4/c17-12-6-5-10(7-14(12)21(24)25)19-16(23)9-20-13-4-2-1-3-11(13)15(22)8-18-20/h1-8H,9H2,(H,19,23). The van der Waals surface area contributed by atoms with Gasteiger partial charge >= 0.3 is 5.69 Å². The topological polar surface area (TPSA) is 107 Å². The van der Waals surface area contributed by atoms with Crippen molar-refractivity contribution in [2.24, 2.45) is 0 Å². The second-order valence-electron chi connectivity index (χ2n) is 5.16. The number of hydrogen-bond donors (Lipinski definition) is 1. The molecule has 0 fully saturated rings. The zero-order valence-corrected chi connectivity index (χ0v) is 12.7. The Hall–Kier alpha value is -3.62. The van der Waals surface area contributed by atoms with E-state index < -0.39 is 22.3 Å². The van der Waals surface area contributed by atoms with Crippen LogP contribution >= 0.6 is 0 Å². The van der Waals surface area contributed by atoms with Gasteiger partial charge in [-0.25, -0.2) is 0 Å². The van der Waals surface area contributed by atoms with Crippen LogP contribution in [-0.4, -0.2) is 20.6 Å². The average molecular weight is 342 g/mol. The highest BCUT2D eigenvalue weighted by Gasteiger charge is 2.16. The van der Waals surface area contributed by atoms with Crippen molar-refractivity contribution in [3.63, 3.8) is 0 Å². The third-order valence-corrected chi connectivity index (χ3v) is 3.48. The van der Waals surface area contributed by atoms with Crippen molar-refractivity contribution in [1.82, 2.24) is 9.78 Å². The molecule has 0 saturated carbocycles. The SMILES string of the molecule is O=C(Cn1ncc(=O)c2ccccc21)Nc1ccc(F)c([N+](=O)[O-])c1. The molecule has 1 N–H and O–H groups in total. The van der Waals surface area contributed by atoms with Crippen LogP contribution in [-0.2, 0) is 11.3 Å². The molecular formula is C16H11FN4O4. The van der Waals surface area contributed by atoms with E-state index in [0.717, 1.165) is 18.3 Å². The summed E-state index contributed by atoms with van der Waals surface area (Å²) >= 11 is 0. The number of carbonyl (C=O) groups excluding carboxylic acids is 1. The van der Waals surface area contributed by atoms with Crippen LogP contribution in [0.4, 0.5) is 15.8 Å². The molecule has 8 nitrogen and oxygen atoms in total. The largest absolute Gasteiger partial charge is 0.324 e. The molecule has 0 atom stereocenters. The molecule has 0 spiro atoms. The van der Waals surface area contributed by atoms with E-state index in [1.807, 2.05) is 0 Å². The highest BCUT2D eigenvalue weighted by atomic mass is 19.1. The van der Waals surface area contributed by atoms with Crippen LogP contribution in [0.2, 0.25) is 0 Å². The molecule has 3 rings (SSSR count). The van der Waals surface area contributed by atoms with Gasteiger partial charge in [0.2, 0.25) is 17.2 Å². The van der Waals surface area contributed by atoms with Gasteiger partial charge < -0.3 is 5.32 Å². The summed E-state index contributed by atoms with van der Waals surface area (Å²) in [5.41, 5.74) is -0.426. The molecule has 0 radical (unpaired) electrons. The minimum absolute atomic E-state index is 0.0865. The van der Waals surface area contributed by atoms with Crippen LogP contribution in [0.1, 0.15) is 0 Å². The quantitative estimate of drug-likeness (QED) is 0.577. The highest BCUT2D eigenvalue weighted by molar-refractivity contribution is 5.91. The lowest BCUT2D eigenvalue weighted by Gasteiger charge is -2.10. The molecule has 0 bridgehead atoms. The van der Waals surface area contributed by atoms with E-state index in [2.05, 4.69) is 10.4 Å². The van der Waals surface area contributed by atoms with Gasteiger partial charge in [0.15, 0.2) is 0 Å². The molecule has 1 amide bonds. The molecule has 2 aromatic carbocycles. The Morgan fingerprint density at radius 3 is 2.80 bits per heavy atom. The molecule has 9 heteroatoms. The Morgan fingerprint density at radius 2 is 2.04 bits per heavy atom. The minimum Gasteiger partial charge on any atom is -0.324 e. The van der Waals surface area contributed by atoms with Gasteiger partial charge in [0.1, 0.15) is 6.54 Å². The first-order valence-electron chi connectivity index (χ1n) is 7.14. The minimum atomic E-state index is -0.990. The van der Waals surface area contributed by atoms with Crippen molar-refractivity contribution in [2.75, 3.05) is 5.32 Å². The smallest absolute Gasteiger partial charge is 0.306 e. The normalized spacial score (nSPS) is 10.6. The summed E-state index contributed by atoms with van der Waals surface area (Å²) in [5, 5.41) is 17.5. The lowest BCUT2D eigenvalue weighted by molar-refractivity contribution is -0.387. The zero-order chi connectivity index (χ0) is 18.0. The van der Waals surface area contributed by atoms with Gasteiger partial charge in [0.25, 0.3) is 0 Å². The number of aromatic nitrogens is 2. The van der Waals surface area contributed by atoms with E-state index in [-0.39, 0.29) is 17.7 Å². The summed E-state index contributed by atoms with van der Waals surface area (Å²) in [4.78, 5) is 33.8. The zero-order valence-electron chi connectivity index (χ0n) is 12.7. The Bertz CT molecular complexity index is 1050. The number of nitrogens with zero attached hydrogens (tertiary/aromatic N) is 3. The Balaban J connectivity index is 1.85. The summed E-state index contributed by atoms with van der Waals surface area (Å²) in [6.45, 7) is -0.216. The lowest BCUT2D eigenvalue weighted by atomic mass is 10.2. The van der Waals surface area contributed by atoms with Gasteiger partial charge in [0, 0.05) is 17.1 Å². The molecule has 126 valence electrons. The molecule has 0 aliphatic rings. The van der Waals surface area contributed by atoms with Crippen LogP contribution in [0.15, 0.2) is 53.5 Å². The van der Waals surface area contributed by atoms with Crippen molar-refractivity contribution in [1.29, 1.82) is 0 Å². The second-order valence-corrected chi connectivity index (χ2v) is 5.16. The predicted molar refractivity (Wildman–Crippen MR) is 87.7 cm³/mol. The lowest BCUT2D eigenvalue weighted by Crippen LogP contribution is -2.22. The Labute approximate surface area is 139 Å². The summed E-state index contributed by atoms with van der Waals surface area (Å²) in [6.07, 6.45) is 1.11. The first-order valence-corrected chi connectivity index (χ1v) is 7.14. The number of hydrogen-bond acceptors (Lipinski definition) is 5. The van der Waals surface area contributed by atoms with Gasteiger partial charge in [-0.15, -0.1) is 0 Å². The highest BCUT2D eigenvalue weighted by Crippen LogP contribution is 2.21. The van der Waals surface area contributed by atoms with Crippen molar-refractivity contribution < 1.29 is 14.1 Å². The van der Waals surface area contributed by atoms with Crippen molar-refractivity contribution in [2.45, 2.75) is 6.54 Å². The van der Waals surface area contributed by atoms with Crippen molar-refractivity contribution in [3.05, 3.63) is 74.8 Å². The number of carbonyl (C=O) groups is 1. The number of para-hydroxylation sites is 1. The Kier molecular flexibility index (Phi) is 4.21. The van der Waals surface area contributed by atoms with Gasteiger partial charge in [-0.3, -0.25) is 24.4 Å². The van der Waals surface area contributed by atoms with Crippen LogP contribution in [0.3, 0.4) is 0 Å². The average Bonchev–Trinajstić information content (AvgIpc) is 2.59. The van der Waals surface area contributed by atoms with E-state index >= 15 is 0 Å². The van der Waals surface area contributed by atoms with E-state index in [1.54, 1.807) is 24.3 Å². The second kappa shape index (κ2) is 6.48. The maximum atomic E-state index is 13.3. The molecular weight excluding hydrogens is 331 g/mol. The molecule has 0 unspecified atom stereocenters. The molecule has 25 heavy (non-hydrogen) atoms. The van der Waals surface area contributed by atoms with E-state index in [1.165, 1.54) is 10.7 Å². The van der Waals surface area contributed by atoms with Gasteiger partial charge in [-0.1, -0.05) is 12.1 Å². The maximum absolute atomic E-state index is 13.3. The number of anilines is 1. The van der Waals surface area contributed by atoms with Gasteiger partial charge in [-0.05, 0) is 24.3 Å². The Morgan fingerprint density at radius 1 is 1.28 bits per heavy atom. The number of nitro groups is 1. The van der Waals surface area contributed by atoms with E-state index in [4.69, 9.17) is 0 Å². The molecule has 0 saturated heterocycles. The van der Waals surface area contributed by atoms with Gasteiger partial charge in [0.05, 0.1) is 16.6 Å². The number of halogens is 1. The van der Waals surface area contributed by atoms with Crippen molar-refractivity contribution in [3.8, 4) is 0 Å². The summed E-state index contributed by atoms with van der Waals surface area (Å²) in [6, 6.07) is 9.74. The molecule has 3 aromatic rings. The first-order chi connectivity index (χ1) is 12.0. The summed E-state index contributed by atoms with van der Waals surface area (Å²) < 4.78 is 14.7.